The summed E-state index contributed by atoms with van der Waals surface area (Å²) in [5, 5.41) is 68.9. The Bertz CT molecular complexity index is 1150. The molecule has 0 spiro atoms. The summed E-state index contributed by atoms with van der Waals surface area (Å²) in [4.78, 5) is 45.0. The van der Waals surface area contributed by atoms with E-state index in [4.69, 9.17) is 0 Å². The zero-order valence-electron chi connectivity index (χ0n) is 23.4. The van der Waals surface area contributed by atoms with Gasteiger partial charge in [-0.05, 0) is 0 Å². The number of nitro groups is 3. The third-order valence-corrected chi connectivity index (χ3v) is 2.31. The Kier molecular flexibility index (Phi) is 25.3. The molecule has 3 heterocycles. The first-order valence-corrected chi connectivity index (χ1v) is 9.88. The Labute approximate surface area is 251 Å². The summed E-state index contributed by atoms with van der Waals surface area (Å²) in [7, 11) is 3.78. The second-order valence-electron chi connectivity index (χ2n) is 5.62. The molecule has 37 nitrogen and oxygen atoms in total. The fourth-order valence-corrected chi connectivity index (χ4v) is 1.27. The zero-order valence-corrected chi connectivity index (χ0v) is 23.4. The molecule has 0 aliphatic rings. The molecule has 37 heteroatoms. The monoisotopic (exact) mass is 675 g/mol. The summed E-state index contributed by atoms with van der Waals surface area (Å²) in [6, 6.07) is 0. The topological polar surface area (TPSA) is 595 Å². The van der Waals surface area contributed by atoms with Gasteiger partial charge in [-0.15, -0.1) is 30.2 Å². The van der Waals surface area contributed by atoms with Crippen LogP contribution in [0.4, 0.5) is 17.8 Å². The average molecular weight is 676 g/mol. The molecule has 3 aromatic heterocycles. The second-order valence-corrected chi connectivity index (χ2v) is 5.62. The number of aromatic nitrogens is 12. The van der Waals surface area contributed by atoms with E-state index >= 15 is 0 Å². The molecular formula is C9H29N27O10. The van der Waals surface area contributed by atoms with Gasteiger partial charge in [0.2, 0.25) is 0 Å². The first kappa shape index (κ1) is 45.0. The van der Waals surface area contributed by atoms with Crippen LogP contribution < -0.4 is 65.1 Å². The van der Waals surface area contributed by atoms with Gasteiger partial charge in [0.05, 0.1) is 21.3 Å². The summed E-state index contributed by atoms with van der Waals surface area (Å²) in [6.07, 6.45) is 0. The molecule has 0 bridgehead atoms. The summed E-state index contributed by atoms with van der Waals surface area (Å²) in [5.74, 6) is -1.17. The van der Waals surface area contributed by atoms with Crippen LogP contribution in [0.2, 0.25) is 0 Å². The average Bonchev–Trinajstić information content (AvgIpc) is 3.64. The van der Waals surface area contributed by atoms with Gasteiger partial charge in [-0.25, -0.2) is 45.6 Å². The van der Waals surface area contributed by atoms with Crippen LogP contribution in [-0.4, -0.2) is 121 Å². The maximum Gasteiger partial charge on any atom is 0.336 e. The number of guanidine groups is 3. The van der Waals surface area contributed by atoms with Crippen molar-refractivity contribution in [3.63, 3.8) is 0 Å². The van der Waals surface area contributed by atoms with Crippen molar-refractivity contribution < 1.29 is 51.3 Å². The molecular weight excluding hydrogens is 646 g/mol. The smallest absolute Gasteiger partial charge is 0.336 e. The Hall–Kier alpha value is -8.02. The van der Waals surface area contributed by atoms with Crippen LogP contribution in [0.3, 0.4) is 0 Å². The lowest BCUT2D eigenvalue weighted by atomic mass is 11.1. The number of hydrogen-bond acceptors (Lipinski definition) is 18. The largest absolute Gasteiger partial charge is 0.452 e. The van der Waals surface area contributed by atoms with E-state index in [1.807, 2.05) is 0 Å². The highest BCUT2D eigenvalue weighted by Gasteiger charge is 2.01. The van der Waals surface area contributed by atoms with Crippen LogP contribution in [0.1, 0.15) is 0 Å². The third-order valence-electron chi connectivity index (χ3n) is 2.31. The quantitative estimate of drug-likeness (QED) is 0.0440. The minimum absolute atomic E-state index is 0. The van der Waals surface area contributed by atoms with Gasteiger partial charge in [0.25, 0.3) is 0 Å². The molecule has 0 radical (unpaired) electrons. The molecule has 260 valence electrons. The summed E-state index contributed by atoms with van der Waals surface area (Å²) in [6.45, 7) is 0. The van der Waals surface area contributed by atoms with Gasteiger partial charge in [-0.3, -0.25) is 50.6 Å². The number of nitrogens with two attached hydrogens (primary N) is 9. The van der Waals surface area contributed by atoms with Crippen LogP contribution >= 0.6 is 0 Å². The molecule has 20 N–H and O–H groups in total. The van der Waals surface area contributed by atoms with E-state index in [-0.39, 0.29) is 41.2 Å². The first-order chi connectivity index (χ1) is 20.9. The van der Waals surface area contributed by atoms with Crippen LogP contribution in [0, 0.1) is 30.3 Å². The Morgan fingerprint density at radius 1 is 0.587 bits per heavy atom. The summed E-state index contributed by atoms with van der Waals surface area (Å²) in [5.41, 5.74) is 35.9. The van der Waals surface area contributed by atoms with Crippen molar-refractivity contribution in [2.45, 2.75) is 0 Å². The first-order valence-electron chi connectivity index (χ1n) is 9.88. The van der Waals surface area contributed by atoms with Gasteiger partial charge in [0.1, 0.15) is 15.1 Å². The molecule has 46 heavy (non-hydrogen) atoms. The molecule has 0 amide bonds. The normalized spacial score (nSPS) is 8.15. The van der Waals surface area contributed by atoms with Crippen LogP contribution in [0.5, 0.6) is 0 Å². The van der Waals surface area contributed by atoms with Crippen molar-refractivity contribution >= 4 is 35.7 Å². The van der Waals surface area contributed by atoms with Crippen molar-refractivity contribution in [1.82, 2.24) is 61.1 Å². The summed E-state index contributed by atoms with van der Waals surface area (Å²) >= 11 is 0. The predicted molar refractivity (Wildman–Crippen MR) is 141 cm³/mol. The van der Waals surface area contributed by atoms with Gasteiger partial charge in [-0.2, -0.15) is 0 Å². The molecule has 3 rings (SSSR count). The van der Waals surface area contributed by atoms with Gasteiger partial charge < -0.3 is 20.0 Å². The van der Waals surface area contributed by atoms with E-state index in [2.05, 4.69) is 128 Å². The van der Waals surface area contributed by atoms with Crippen molar-refractivity contribution in [1.29, 1.82) is 0 Å². The van der Waals surface area contributed by atoms with Crippen LogP contribution in [0.25, 0.3) is 16.3 Å². The summed E-state index contributed by atoms with van der Waals surface area (Å²) < 4.78 is 0. The lowest BCUT2D eigenvalue weighted by molar-refractivity contribution is -0.420. The highest BCUT2D eigenvalue weighted by molar-refractivity contribution is 5.69. The number of nitrogens with zero attached hydrogens (tertiary/aromatic N) is 18. The van der Waals surface area contributed by atoms with Crippen LogP contribution in [0.15, 0.2) is 0 Å². The molecule has 0 saturated heterocycles. The van der Waals surface area contributed by atoms with E-state index in [0.29, 0.717) is 0 Å². The number of rotatable bonds is 9. The minimum atomic E-state index is -0.915. The molecule has 0 saturated carbocycles. The fraction of sp³-hybridized carbons (Fsp3) is 0.333. The Morgan fingerprint density at radius 3 is 0.891 bits per heavy atom. The fourth-order valence-electron chi connectivity index (χ4n) is 1.27. The van der Waals surface area contributed by atoms with Crippen molar-refractivity contribution in [3.05, 3.63) is 46.6 Å². The lowest BCUT2D eigenvalue weighted by Gasteiger charge is -2.04. The van der Waals surface area contributed by atoms with E-state index in [1.165, 1.54) is 21.3 Å². The molecule has 0 aliphatic heterocycles. The van der Waals surface area contributed by atoms with E-state index in [1.54, 1.807) is 0 Å². The Balaban J connectivity index is -0.000000243. The van der Waals surface area contributed by atoms with Gasteiger partial charge in [0, 0.05) is 0 Å². The number of hydrogen-bond donors (Lipinski definition) is 9. The maximum atomic E-state index is 9.81. The molecule has 0 aromatic carbocycles. The number of tetrazole rings is 3. The molecule has 0 fully saturated rings. The van der Waals surface area contributed by atoms with Crippen LogP contribution in [-0.2, 0) is 0 Å². The molecule has 0 aliphatic carbocycles. The lowest BCUT2D eigenvalue weighted by Crippen LogP contribution is -2.51. The zero-order chi connectivity index (χ0) is 35.5. The third kappa shape index (κ3) is 27.5. The van der Waals surface area contributed by atoms with Crippen molar-refractivity contribution in [2.75, 3.05) is 21.3 Å². The van der Waals surface area contributed by atoms with E-state index in [9.17, 15) is 30.3 Å². The standard InChI is InChI=1S/3C2H3N6O3.3CH5N3.H2O/c3*1-11-7-2(3-5-6-7)4-8(9)10;3*2-1(3)4;/h3*1H3;3*(H5,2,3,4);1H2/q3*-1;;;;/p+3. The second kappa shape index (κ2) is 25.9. The predicted octanol–water partition coefficient (Wildman–Crippen LogP) is -13.0. The van der Waals surface area contributed by atoms with E-state index in [0.717, 1.165) is 14.5 Å². The van der Waals surface area contributed by atoms with Crippen molar-refractivity contribution in [2.24, 2.45) is 34.4 Å². The van der Waals surface area contributed by atoms with Gasteiger partial charge >= 0.3 is 17.9 Å². The van der Waals surface area contributed by atoms with Crippen molar-refractivity contribution in [3.8, 4) is 0 Å². The van der Waals surface area contributed by atoms with Gasteiger partial charge in [0.15, 0.2) is 17.8 Å². The van der Waals surface area contributed by atoms with Gasteiger partial charge in [-0.1, -0.05) is 31.9 Å². The highest BCUT2D eigenvalue weighted by Crippen LogP contribution is 2.10. The minimum Gasteiger partial charge on any atom is -0.452 e. The SMILES string of the molecule is COn1nnnc1[N-][N+](=O)[O-].COn1nnnc1[N-][N+](=O)[O-].COn1nnnc1[N-][N+](=O)[O-].NC(N)=[NH2+].NC(N)=[NH2+].NC(N)=[NH2+].O. The molecule has 0 unspecified atom stereocenters. The highest BCUT2D eigenvalue weighted by atomic mass is 16.7. The maximum absolute atomic E-state index is 9.81. The molecule has 3 aromatic rings. The molecule has 0 atom stereocenters. The Morgan fingerprint density at radius 2 is 0.761 bits per heavy atom. The van der Waals surface area contributed by atoms with E-state index < -0.39 is 15.1 Å².